The normalized spacial score (nSPS) is 17.6. The van der Waals surface area contributed by atoms with E-state index in [4.69, 9.17) is 9.84 Å². The van der Waals surface area contributed by atoms with Crippen molar-refractivity contribution in [1.29, 1.82) is 0 Å². The molecule has 2 fully saturated rings. The van der Waals surface area contributed by atoms with Crippen LogP contribution in [0.2, 0.25) is 0 Å². The predicted octanol–water partition coefficient (Wildman–Crippen LogP) is 4.26. The van der Waals surface area contributed by atoms with E-state index in [9.17, 15) is 13.6 Å². The Morgan fingerprint density at radius 3 is 2.50 bits per heavy atom. The highest BCUT2D eigenvalue weighted by molar-refractivity contribution is 5.69. The Hall–Kier alpha value is -2.70. The Kier molecular flexibility index (Phi) is 5.15. The lowest BCUT2D eigenvalue weighted by atomic mass is 9.95. The first-order valence-corrected chi connectivity index (χ1v) is 9.59. The molecule has 0 amide bonds. The zero-order chi connectivity index (χ0) is 19.7. The lowest BCUT2D eigenvalue weighted by Crippen LogP contribution is -2.48. The van der Waals surface area contributed by atoms with Gasteiger partial charge in [0.2, 0.25) is 5.88 Å². The molecular formula is C21H22F2N2O3. The Morgan fingerprint density at radius 2 is 1.86 bits per heavy atom. The molecule has 28 heavy (non-hydrogen) atoms. The van der Waals surface area contributed by atoms with E-state index < -0.39 is 17.6 Å². The number of hydrogen-bond donors (Lipinski definition) is 1. The van der Waals surface area contributed by atoms with Crippen LogP contribution in [-0.2, 0) is 4.79 Å². The van der Waals surface area contributed by atoms with Gasteiger partial charge in [-0.1, -0.05) is 6.07 Å². The van der Waals surface area contributed by atoms with Gasteiger partial charge in [0.15, 0.2) is 0 Å². The first-order chi connectivity index (χ1) is 13.5. The van der Waals surface area contributed by atoms with Crippen molar-refractivity contribution in [3.05, 3.63) is 42.0 Å². The maximum Gasteiger partial charge on any atom is 0.303 e. The van der Waals surface area contributed by atoms with Crippen LogP contribution in [0, 0.1) is 17.6 Å². The van der Waals surface area contributed by atoms with Gasteiger partial charge in [-0.25, -0.2) is 13.8 Å². The monoisotopic (exact) mass is 388 g/mol. The number of aliphatic carboxylic acids is 1. The number of carbonyl (C=O) groups is 1. The Morgan fingerprint density at radius 1 is 1.18 bits per heavy atom. The standard InChI is InChI=1S/C21H22F2N2O3/c22-16-9-14(10-17(23)21(16)25-11-13(12-25)8-20(26)27)18-6-3-7-19(24-18)28-15-4-1-2-5-15/h3,6-7,9-10,13,15H,1-2,4-5,8,11-12H2,(H,26,27). The molecule has 1 aromatic heterocycles. The summed E-state index contributed by atoms with van der Waals surface area (Å²) in [7, 11) is 0. The van der Waals surface area contributed by atoms with Crippen molar-refractivity contribution >= 4 is 11.7 Å². The van der Waals surface area contributed by atoms with E-state index >= 15 is 0 Å². The van der Waals surface area contributed by atoms with Crippen molar-refractivity contribution in [3.8, 4) is 17.1 Å². The average molecular weight is 388 g/mol. The van der Waals surface area contributed by atoms with E-state index in [1.807, 2.05) is 0 Å². The molecule has 0 atom stereocenters. The number of anilines is 1. The van der Waals surface area contributed by atoms with Gasteiger partial charge in [0.05, 0.1) is 12.1 Å². The minimum absolute atomic E-state index is 0.00945. The molecule has 1 aliphatic carbocycles. The molecule has 1 aromatic carbocycles. The molecule has 148 valence electrons. The number of nitrogens with zero attached hydrogens (tertiary/aromatic N) is 2. The number of pyridine rings is 1. The van der Waals surface area contributed by atoms with Gasteiger partial charge in [-0.3, -0.25) is 4.79 Å². The van der Waals surface area contributed by atoms with Crippen molar-refractivity contribution in [2.45, 2.75) is 38.2 Å². The van der Waals surface area contributed by atoms with Crippen molar-refractivity contribution in [2.24, 2.45) is 5.92 Å². The van der Waals surface area contributed by atoms with Crippen molar-refractivity contribution in [1.82, 2.24) is 4.98 Å². The minimum Gasteiger partial charge on any atom is -0.481 e. The summed E-state index contributed by atoms with van der Waals surface area (Å²) < 4.78 is 35.1. The van der Waals surface area contributed by atoms with Gasteiger partial charge in [0.25, 0.3) is 0 Å². The molecule has 1 saturated carbocycles. The Balaban J connectivity index is 1.51. The summed E-state index contributed by atoms with van der Waals surface area (Å²) in [5, 5.41) is 8.81. The number of ether oxygens (including phenoxy) is 1. The molecule has 2 aliphatic rings. The van der Waals surface area contributed by atoms with Crippen molar-refractivity contribution < 1.29 is 23.4 Å². The Labute approximate surface area is 162 Å². The van der Waals surface area contributed by atoms with Gasteiger partial charge in [-0.05, 0) is 43.9 Å². The predicted molar refractivity (Wildman–Crippen MR) is 100 cm³/mol. The summed E-state index contributed by atoms with van der Waals surface area (Å²) in [5.41, 5.74) is 0.689. The van der Waals surface area contributed by atoms with E-state index in [1.165, 1.54) is 17.0 Å². The second-order valence-electron chi connectivity index (χ2n) is 7.54. The fourth-order valence-electron chi connectivity index (χ4n) is 3.96. The number of aromatic nitrogens is 1. The summed E-state index contributed by atoms with van der Waals surface area (Å²) >= 11 is 0. The van der Waals surface area contributed by atoms with Crippen LogP contribution in [0.1, 0.15) is 32.1 Å². The maximum atomic E-state index is 14.6. The third-order valence-electron chi connectivity index (χ3n) is 5.36. The largest absolute Gasteiger partial charge is 0.481 e. The number of rotatable bonds is 6. The molecule has 5 nitrogen and oxygen atoms in total. The van der Waals surface area contributed by atoms with Crippen LogP contribution < -0.4 is 9.64 Å². The third kappa shape index (κ3) is 3.93. The summed E-state index contributed by atoms with van der Waals surface area (Å²) in [6.45, 7) is 0.672. The van der Waals surface area contributed by atoms with E-state index in [1.54, 1.807) is 18.2 Å². The van der Waals surface area contributed by atoms with E-state index in [-0.39, 0.29) is 24.1 Å². The molecule has 1 aliphatic heterocycles. The smallest absolute Gasteiger partial charge is 0.303 e. The molecule has 2 heterocycles. The van der Waals surface area contributed by atoms with Crippen LogP contribution >= 0.6 is 0 Å². The number of benzene rings is 1. The second-order valence-corrected chi connectivity index (χ2v) is 7.54. The molecule has 0 unspecified atom stereocenters. The van der Waals surface area contributed by atoms with Crippen LogP contribution in [0.5, 0.6) is 5.88 Å². The van der Waals surface area contributed by atoms with Crippen molar-refractivity contribution in [3.63, 3.8) is 0 Å². The SMILES string of the molecule is O=C(O)CC1CN(c2c(F)cc(-c3cccc(OC4CCCC4)n3)cc2F)C1. The van der Waals surface area contributed by atoms with Crippen LogP contribution in [-0.4, -0.2) is 35.3 Å². The molecule has 1 saturated heterocycles. The highest BCUT2D eigenvalue weighted by Crippen LogP contribution is 2.34. The van der Waals surface area contributed by atoms with Gasteiger partial charge < -0.3 is 14.7 Å². The van der Waals surface area contributed by atoms with E-state index in [0.717, 1.165) is 25.7 Å². The van der Waals surface area contributed by atoms with Gasteiger partial charge in [-0.15, -0.1) is 0 Å². The lowest BCUT2D eigenvalue weighted by Gasteiger charge is -2.40. The molecule has 2 aromatic rings. The van der Waals surface area contributed by atoms with Crippen LogP contribution in [0.15, 0.2) is 30.3 Å². The molecular weight excluding hydrogens is 366 g/mol. The number of carboxylic acid groups (broad SMARTS) is 1. The first-order valence-electron chi connectivity index (χ1n) is 9.59. The maximum absolute atomic E-state index is 14.6. The zero-order valence-corrected chi connectivity index (χ0v) is 15.4. The molecule has 1 N–H and O–H groups in total. The van der Waals surface area contributed by atoms with Gasteiger partial charge in [0.1, 0.15) is 23.4 Å². The second kappa shape index (κ2) is 7.73. The third-order valence-corrected chi connectivity index (χ3v) is 5.36. The summed E-state index contributed by atoms with van der Waals surface area (Å²) in [5.74, 6) is -1.86. The molecule has 0 spiro atoms. The minimum atomic E-state index is -0.897. The fourth-order valence-corrected chi connectivity index (χ4v) is 3.96. The lowest BCUT2D eigenvalue weighted by molar-refractivity contribution is -0.138. The number of halogens is 2. The van der Waals surface area contributed by atoms with Crippen LogP contribution in [0.25, 0.3) is 11.3 Å². The topological polar surface area (TPSA) is 62.7 Å². The zero-order valence-electron chi connectivity index (χ0n) is 15.4. The summed E-state index contributed by atoms with van der Waals surface area (Å²) in [6, 6.07) is 7.75. The molecule has 0 bridgehead atoms. The van der Waals surface area contributed by atoms with Crippen molar-refractivity contribution in [2.75, 3.05) is 18.0 Å². The van der Waals surface area contributed by atoms with Gasteiger partial charge >= 0.3 is 5.97 Å². The van der Waals surface area contributed by atoms with E-state index in [2.05, 4.69) is 4.98 Å². The number of hydrogen-bond acceptors (Lipinski definition) is 4. The van der Waals surface area contributed by atoms with E-state index in [0.29, 0.717) is 30.2 Å². The molecule has 7 heteroatoms. The quantitative estimate of drug-likeness (QED) is 0.801. The van der Waals surface area contributed by atoms with Crippen LogP contribution in [0.3, 0.4) is 0 Å². The van der Waals surface area contributed by atoms with Gasteiger partial charge in [0, 0.05) is 30.6 Å². The number of carboxylic acids is 1. The van der Waals surface area contributed by atoms with Gasteiger partial charge in [-0.2, -0.15) is 0 Å². The molecule has 4 rings (SSSR count). The molecule has 0 radical (unpaired) electrons. The highest BCUT2D eigenvalue weighted by atomic mass is 19.1. The Bertz CT molecular complexity index is 855. The summed E-state index contributed by atoms with van der Waals surface area (Å²) in [6.07, 6.45) is 4.46. The average Bonchev–Trinajstić information content (AvgIpc) is 3.11. The fraction of sp³-hybridized carbons (Fsp3) is 0.429. The summed E-state index contributed by atoms with van der Waals surface area (Å²) in [4.78, 5) is 16.7. The first kappa shape index (κ1) is 18.7. The highest BCUT2D eigenvalue weighted by Gasteiger charge is 2.32. The van der Waals surface area contributed by atoms with Crippen LogP contribution in [0.4, 0.5) is 14.5 Å².